The topological polar surface area (TPSA) is 146 Å². The molecule has 0 aromatic rings. The molecule has 0 bridgehead atoms. The predicted molar refractivity (Wildman–Crippen MR) is 229 cm³/mol. The molecule has 1 aliphatic rings. The first kappa shape index (κ1) is 57.7. The van der Waals surface area contributed by atoms with Crippen LogP contribution in [0.25, 0.3) is 0 Å². The summed E-state index contributed by atoms with van der Waals surface area (Å²) in [5.74, 6) is 0.237. The van der Waals surface area contributed by atoms with Gasteiger partial charge in [-0.15, -0.1) is 0 Å². The van der Waals surface area contributed by atoms with Gasteiger partial charge in [0.25, 0.3) is 0 Å². The first-order valence-corrected chi connectivity index (χ1v) is 25.4. The van der Waals surface area contributed by atoms with Crippen LogP contribution < -0.4 is 29.6 Å². The molecule has 0 aromatic heterocycles. The molecule has 1 heterocycles. The molecule has 0 aromatic carbocycles. The average molecular weight is 843 g/mol. The van der Waals surface area contributed by atoms with Crippen molar-refractivity contribution < 1.29 is 71.5 Å². The van der Waals surface area contributed by atoms with Gasteiger partial charge in [0.1, 0.15) is 24.4 Å². The summed E-state index contributed by atoms with van der Waals surface area (Å²) in [6.45, 7) is 4.20. The van der Waals surface area contributed by atoms with E-state index in [4.69, 9.17) is 9.47 Å². The van der Waals surface area contributed by atoms with Crippen LogP contribution in [-0.4, -0.2) is 72.2 Å². The van der Waals surface area contributed by atoms with Gasteiger partial charge in [-0.05, 0) is 18.8 Å². The minimum atomic E-state index is -5.21. The molecule has 11 heteroatoms. The van der Waals surface area contributed by atoms with Crippen molar-refractivity contribution >= 4 is 10.4 Å². The van der Waals surface area contributed by atoms with Gasteiger partial charge in [-0.3, -0.25) is 4.18 Å². The predicted octanol–water partition coefficient (Wildman–Crippen LogP) is 8.99. The van der Waals surface area contributed by atoms with Crippen LogP contribution >= 0.6 is 0 Å². The maximum Gasteiger partial charge on any atom is 1.00 e. The number of aliphatic hydroxyl groups excluding tert-OH is 3. The van der Waals surface area contributed by atoms with Crippen molar-refractivity contribution in [2.75, 3.05) is 13.2 Å². The van der Waals surface area contributed by atoms with E-state index in [9.17, 15) is 28.3 Å². The Bertz CT molecular complexity index is 943. The number of rotatable bonds is 42. The maximum absolute atomic E-state index is 11.3. The van der Waals surface area contributed by atoms with E-state index in [1.54, 1.807) is 0 Å². The molecule has 0 spiro atoms. The van der Waals surface area contributed by atoms with E-state index in [2.05, 4.69) is 18.0 Å². The van der Waals surface area contributed by atoms with Crippen molar-refractivity contribution in [2.45, 2.75) is 276 Å². The van der Waals surface area contributed by atoms with E-state index >= 15 is 0 Å². The zero-order chi connectivity index (χ0) is 41.0. The van der Waals surface area contributed by atoms with Gasteiger partial charge in [0, 0.05) is 0 Å². The monoisotopic (exact) mass is 843 g/mol. The van der Waals surface area contributed by atoms with Crippen molar-refractivity contribution in [1.82, 2.24) is 0 Å². The molecule has 3 N–H and O–H groups in total. The summed E-state index contributed by atoms with van der Waals surface area (Å²) < 4.78 is 49.8. The molecular weight excluding hydrogens is 752 g/mol. The summed E-state index contributed by atoms with van der Waals surface area (Å²) in [5, 5.41) is 30.8. The number of aliphatic hydroxyl groups is 3. The second kappa shape index (κ2) is 40.7. The number of hydrogen-bond acceptors (Lipinski definition) is 9. The van der Waals surface area contributed by atoms with Crippen molar-refractivity contribution in [3.63, 3.8) is 0 Å². The summed E-state index contributed by atoms with van der Waals surface area (Å²) in [6.07, 6.45) is 39.6. The molecule has 1 rings (SSSR count). The van der Waals surface area contributed by atoms with Crippen molar-refractivity contribution in [1.29, 1.82) is 0 Å². The van der Waals surface area contributed by atoms with Crippen LogP contribution in [0.1, 0.15) is 245 Å². The molecule has 1 aliphatic heterocycles. The first-order valence-electron chi connectivity index (χ1n) is 24.1. The molecule has 336 valence electrons. The fourth-order valence-electron chi connectivity index (χ4n) is 8.30. The van der Waals surface area contributed by atoms with Crippen molar-refractivity contribution in [2.24, 2.45) is 5.92 Å². The van der Waals surface area contributed by atoms with Crippen LogP contribution in [0.3, 0.4) is 0 Å². The van der Waals surface area contributed by atoms with Crippen LogP contribution in [0.5, 0.6) is 0 Å². The number of ether oxygens (including phenoxy) is 2. The summed E-state index contributed by atoms with van der Waals surface area (Å²) >= 11 is 0. The van der Waals surface area contributed by atoms with Crippen LogP contribution in [0.15, 0.2) is 0 Å². The van der Waals surface area contributed by atoms with E-state index < -0.39 is 47.7 Å². The molecule has 0 saturated carbocycles. The normalized spacial score (nSPS) is 20.5. The molecule has 1 unspecified atom stereocenters. The van der Waals surface area contributed by atoms with Gasteiger partial charge in [-0.25, -0.2) is 8.42 Å². The molecule has 0 aliphatic carbocycles. The quantitative estimate of drug-likeness (QED) is 0.0237. The van der Waals surface area contributed by atoms with Gasteiger partial charge < -0.3 is 29.3 Å². The van der Waals surface area contributed by atoms with Crippen LogP contribution in [0.4, 0.5) is 0 Å². The van der Waals surface area contributed by atoms with Gasteiger partial charge >= 0.3 is 29.6 Å². The Balaban J connectivity index is 0.0000314. The Labute approximate surface area is 374 Å². The molecule has 1 saturated heterocycles. The second-order valence-corrected chi connectivity index (χ2v) is 18.3. The smallest absolute Gasteiger partial charge is 0.726 e. The van der Waals surface area contributed by atoms with Crippen LogP contribution in [0, 0.1) is 5.92 Å². The summed E-state index contributed by atoms with van der Waals surface area (Å²) in [4.78, 5) is 0. The maximum atomic E-state index is 11.3. The molecular formula is C46H91NaO9S. The van der Waals surface area contributed by atoms with Crippen LogP contribution in [-0.2, 0) is 24.1 Å². The van der Waals surface area contributed by atoms with Crippen molar-refractivity contribution in [3.8, 4) is 0 Å². The third-order valence-electron chi connectivity index (χ3n) is 12.0. The SMILES string of the molecule is CCCCCCCCCCCCCCCCCCCCCCC(CCCCCCCCCCCCCCCC)CO[C@@H]1O[C@H](CO)[C@H](O)[C@H](OS(=O)(=O)[O-])[C@H]1O.[Na+]. The molecule has 1 fully saturated rings. The molecule has 9 nitrogen and oxygen atoms in total. The van der Waals surface area contributed by atoms with Gasteiger partial charge in [-0.1, -0.05) is 232 Å². The van der Waals surface area contributed by atoms with E-state index in [-0.39, 0.29) is 35.5 Å². The Kier molecular flexibility index (Phi) is 41.2. The largest absolute Gasteiger partial charge is 1.00 e. The summed E-state index contributed by atoms with van der Waals surface area (Å²) in [5.41, 5.74) is 0. The summed E-state index contributed by atoms with van der Waals surface area (Å²) in [6, 6.07) is 0. The summed E-state index contributed by atoms with van der Waals surface area (Å²) in [7, 11) is -5.21. The zero-order valence-corrected chi connectivity index (χ0v) is 40.4. The third kappa shape index (κ3) is 33.9. The van der Waals surface area contributed by atoms with E-state index in [0.717, 1.165) is 25.7 Å². The number of unbranched alkanes of at least 4 members (excludes halogenated alkanes) is 32. The van der Waals surface area contributed by atoms with E-state index in [1.165, 1.54) is 205 Å². The third-order valence-corrected chi connectivity index (χ3v) is 12.4. The standard InChI is InChI=1S/C46H92O9S.Na/c1-3-5-7-9-11-13-15-17-19-20-21-22-23-24-26-28-30-32-34-36-38-41(37-35-33-31-29-27-25-18-16-14-12-10-8-6-4-2)40-53-46-44(49)45(55-56(50,51)52)43(48)42(39-47)54-46;/h41-49H,3-40H2,1-2H3,(H,50,51,52);/q;+1/p-1/t41?,42-,43+,44-,45+,46-;/m1./s1. The first-order chi connectivity index (χ1) is 27.2. The Morgan fingerprint density at radius 1 is 0.526 bits per heavy atom. The Morgan fingerprint density at radius 2 is 0.825 bits per heavy atom. The minimum absolute atomic E-state index is 0. The molecule has 0 radical (unpaired) electrons. The van der Waals surface area contributed by atoms with E-state index in [0.29, 0.717) is 6.61 Å². The van der Waals surface area contributed by atoms with Gasteiger partial charge in [0.15, 0.2) is 6.29 Å². The Morgan fingerprint density at radius 3 is 1.11 bits per heavy atom. The number of hydrogen-bond donors (Lipinski definition) is 3. The van der Waals surface area contributed by atoms with Gasteiger partial charge in [0.2, 0.25) is 10.4 Å². The molecule has 0 amide bonds. The molecule has 57 heavy (non-hydrogen) atoms. The van der Waals surface area contributed by atoms with Gasteiger partial charge in [-0.2, -0.15) is 0 Å². The van der Waals surface area contributed by atoms with E-state index in [1.807, 2.05) is 0 Å². The average Bonchev–Trinajstić information content (AvgIpc) is 3.17. The van der Waals surface area contributed by atoms with Crippen molar-refractivity contribution in [3.05, 3.63) is 0 Å². The zero-order valence-electron chi connectivity index (χ0n) is 37.5. The fraction of sp³-hybridized carbons (Fsp3) is 1.00. The fourth-order valence-corrected chi connectivity index (χ4v) is 8.80. The van der Waals surface area contributed by atoms with Crippen LogP contribution in [0.2, 0.25) is 0 Å². The minimum Gasteiger partial charge on any atom is -0.726 e. The molecule has 6 atom stereocenters. The Hall–Kier alpha value is 0.670. The second-order valence-electron chi connectivity index (χ2n) is 17.3. The van der Waals surface area contributed by atoms with Gasteiger partial charge in [0.05, 0.1) is 13.2 Å².